The molecule has 0 aliphatic rings. The zero-order valence-electron chi connectivity index (χ0n) is 17.0. The van der Waals surface area contributed by atoms with Crippen LogP contribution in [-0.4, -0.2) is 463 Å². The van der Waals surface area contributed by atoms with Crippen LogP contribution in [0.25, 0.3) is 0 Å². The van der Waals surface area contributed by atoms with Crippen molar-refractivity contribution in [3.05, 3.63) is 0 Å². The number of hydrogen-bond acceptors (Lipinski definition) is 7. The molecule has 10 nitrogen and oxygen atoms in total. The quantitative estimate of drug-likeness (QED) is 0.0902. The molecule has 0 heterocycles. The van der Waals surface area contributed by atoms with Crippen LogP contribution in [0.5, 0.6) is 0 Å². The molecule has 0 aromatic rings. The van der Waals surface area contributed by atoms with Crippen LogP contribution in [0.2, 0.25) is 0 Å². The molecular formula is C8H66Al2Ca2Cl13K2LiMg6NNaO9S. The van der Waals surface area contributed by atoms with Crippen molar-refractivity contribution in [2.75, 3.05) is 19.8 Å². The predicted molar refractivity (Wildman–Crippen MR) is 282 cm³/mol. The number of halogens is 13. The Morgan fingerprint density at radius 2 is 0.522 bits per heavy atom. The number of carbonyl (C=O) groups is 1. The van der Waals surface area contributed by atoms with Gasteiger partial charge in [0.15, 0.2) is 34.7 Å². The summed E-state index contributed by atoms with van der Waals surface area (Å²) < 4.78 is 31.6. The molecule has 0 unspecified atom stereocenters. The molecule has 0 aliphatic heterocycles. The molecular weight excluding hydrogens is 1140 g/mol. The maximum absolute atomic E-state index is 9.00. The Morgan fingerprint density at radius 3 is 0.522 bits per heavy atom. The Labute approximate surface area is 656 Å². The van der Waals surface area contributed by atoms with Crippen molar-refractivity contribution in [2.24, 2.45) is 0 Å². The average Bonchev–Trinajstić information content (AvgIpc) is 2.01. The monoisotopic (exact) mass is 1190 g/mol. The third-order valence-corrected chi connectivity index (χ3v) is 0. The molecule has 0 saturated carbocycles. The summed E-state index contributed by atoms with van der Waals surface area (Å²) in [6.45, 7) is 6.88. The summed E-state index contributed by atoms with van der Waals surface area (Å²) in [5, 5.41) is 30.1. The van der Waals surface area contributed by atoms with Gasteiger partial charge in [0.05, 0.1) is 0 Å². The van der Waals surface area contributed by atoms with E-state index in [-0.39, 0.29) is 587 Å². The van der Waals surface area contributed by atoms with E-state index >= 15 is 0 Å². The van der Waals surface area contributed by atoms with E-state index in [1.54, 1.807) is 20.8 Å². The molecule has 38 heteroatoms. The van der Waals surface area contributed by atoms with Gasteiger partial charge in [0.25, 0.3) is 5.97 Å². The second kappa shape index (κ2) is 280. The summed E-state index contributed by atoms with van der Waals surface area (Å²) in [5.41, 5.74) is 0. The second-order valence-corrected chi connectivity index (χ2v) is 2.81. The predicted octanol–water partition coefficient (Wildman–Crippen LogP) is -7.21. The summed E-state index contributed by atoms with van der Waals surface area (Å²) in [6, 6.07) is 0. The van der Waals surface area contributed by atoms with Crippen LogP contribution < -0.4 is 6.15 Å². The van der Waals surface area contributed by atoms with E-state index in [2.05, 4.69) is 0 Å². The van der Waals surface area contributed by atoms with Gasteiger partial charge in [-0.3, -0.25) is 13.9 Å². The van der Waals surface area contributed by atoms with Gasteiger partial charge in [0, 0.05) is 26.7 Å². The second-order valence-electron chi connectivity index (χ2n) is 1.92. The Balaban J connectivity index is -0.00000000129. The Hall–Kier alpha value is 16.0. The van der Waals surface area contributed by atoms with Crippen molar-refractivity contribution in [3.63, 3.8) is 0 Å². The van der Waals surface area contributed by atoms with E-state index in [0.29, 0.717) is 0 Å². The number of aliphatic hydroxyl groups excluding tert-OH is 3. The Morgan fingerprint density at radius 1 is 0.522 bits per heavy atom. The van der Waals surface area contributed by atoms with Crippen molar-refractivity contribution in [3.8, 4) is 0 Å². The molecule has 9 N–H and O–H groups in total. The molecule has 0 saturated heterocycles. The first-order valence-corrected chi connectivity index (χ1v) is 6.09. The van der Waals surface area contributed by atoms with Gasteiger partial charge in [0.2, 0.25) is 0 Å². The van der Waals surface area contributed by atoms with Gasteiger partial charge in [-0.25, -0.2) is 0 Å². The zero-order valence-corrected chi connectivity index (χ0v) is 28.4. The van der Waals surface area contributed by atoms with Crippen LogP contribution in [0.1, 0.15) is 27.7 Å². The fourth-order valence-corrected chi connectivity index (χ4v) is 0. The van der Waals surface area contributed by atoms with E-state index in [0.717, 1.165) is 6.92 Å². The molecule has 0 rings (SSSR count). The molecule has 0 amide bonds. The van der Waals surface area contributed by atoms with E-state index < -0.39 is 16.4 Å². The molecule has 0 aliphatic carbocycles. The molecule has 0 aromatic carbocycles. The van der Waals surface area contributed by atoms with Crippen LogP contribution in [-0.2, 0) is 15.2 Å². The molecule has 46 heavy (non-hydrogen) atoms. The summed E-state index contributed by atoms with van der Waals surface area (Å²) >= 11 is 0. The van der Waals surface area contributed by atoms with Gasteiger partial charge in [-0.15, -0.1) is 161 Å². The van der Waals surface area contributed by atoms with E-state index in [1.807, 2.05) is 0 Å². The van der Waals surface area contributed by atoms with E-state index in [1.165, 1.54) is 0 Å². The summed E-state index contributed by atoms with van der Waals surface area (Å²) in [4.78, 5) is 9.00. The normalized spacial score (nSPS) is 2.98. The minimum atomic E-state index is -4.67. The number of carboxylic acids is 1. The van der Waals surface area contributed by atoms with Crippen molar-refractivity contribution < 1.29 is 42.7 Å². The first-order valence-electron chi connectivity index (χ1n) is 4.70. The third kappa shape index (κ3) is 816. The van der Waals surface area contributed by atoms with Gasteiger partial charge in [-0.1, -0.05) is 0 Å². The van der Waals surface area contributed by atoms with Gasteiger partial charge >= 0.3 is 375 Å². The topological polar surface area (TPSA) is 208 Å². The van der Waals surface area contributed by atoms with Crippen LogP contribution in [0, 0.1) is 0 Å². The van der Waals surface area contributed by atoms with E-state index in [9.17, 15) is 0 Å². The van der Waals surface area contributed by atoms with Crippen LogP contribution in [0.3, 0.4) is 0 Å². The molecule has 0 atom stereocenters. The number of carboxylic acid groups (broad SMARTS) is 1. The number of aliphatic carboxylic acids is 1. The summed E-state index contributed by atoms with van der Waals surface area (Å²) in [7, 11) is -4.67. The summed E-state index contributed by atoms with van der Waals surface area (Å²) in [6.07, 6.45) is 0. The first kappa shape index (κ1) is 274. The van der Waals surface area contributed by atoms with Crippen LogP contribution >= 0.6 is 161 Å². The third-order valence-electron chi connectivity index (χ3n) is 0. The molecule has 0 aromatic heterocycles. The zero-order chi connectivity index (χ0) is 16.2. The Kier molecular flexibility index (Phi) is 1670. The van der Waals surface area contributed by atoms with Gasteiger partial charge in [-0.05, 0) is 20.8 Å². The standard InChI is InChI=1S/C2H4O2.3C2H6O.2Al.2Ca.13ClH.2K.Li.6Mg.H3N.Na.H2O4S.26H/c1-2(3)4;3*1-2-3;;;;;;;;;;;;;;;;;;;;;;;;;;;;;1-5(2,3)4;;;;;;;;;;;;;;;;;;;;;;;;;;/h1H3,(H,3,4);3*3H,2H2,1H3;;;;;13*1H;;;;;;;;;;1H3;;(H2,1,2,3,4);;;;;;;;;;;;;;;;;;;;;;;;;;. The number of aliphatic hydroxyl groups is 3. The molecule has 280 valence electrons. The number of hydrogen-bond donors (Lipinski definition) is 7. The molecule has 0 fully saturated rings. The molecule has 0 radical (unpaired) electrons. The number of rotatable bonds is 0. The Bertz CT molecular complexity index is 305. The summed E-state index contributed by atoms with van der Waals surface area (Å²) in [5.74, 6) is -0.833. The fourth-order valence-electron chi connectivity index (χ4n) is 0. The minimum absolute atomic E-state index is 0. The molecule has 0 spiro atoms. The molecule has 0 bridgehead atoms. The SMILES string of the molecule is CC(=O)O.CCO.CCO.CCO.Cl.Cl.Cl.Cl.Cl.Cl.Cl.Cl.Cl.Cl.Cl.Cl.Cl.N.O=S(=O)(O)O.[AlH3].[AlH3].[CaH2].[CaH2].[KH].[KH].[LiH].[MgH2].[MgH2].[MgH2].[MgH2].[MgH2].[MgH2].[NaH]. The van der Waals surface area contributed by atoms with Crippen molar-refractivity contribution in [1.29, 1.82) is 0 Å². The van der Waals surface area contributed by atoms with Crippen molar-refractivity contribution in [1.82, 2.24) is 6.15 Å². The van der Waals surface area contributed by atoms with Crippen molar-refractivity contribution in [2.45, 2.75) is 27.7 Å². The van der Waals surface area contributed by atoms with E-state index in [4.69, 9.17) is 42.7 Å². The van der Waals surface area contributed by atoms with Crippen LogP contribution in [0.4, 0.5) is 0 Å². The van der Waals surface area contributed by atoms with Gasteiger partial charge in [0.1, 0.15) is 0 Å². The fraction of sp³-hybridized carbons (Fsp3) is 0.875. The average molecular weight is 1200 g/mol. The van der Waals surface area contributed by atoms with Crippen LogP contribution in [0.15, 0.2) is 0 Å². The van der Waals surface area contributed by atoms with Crippen molar-refractivity contribution >= 4 is 577 Å². The maximum atomic E-state index is 9.00. The van der Waals surface area contributed by atoms with Gasteiger partial charge < -0.3 is 26.6 Å². The van der Waals surface area contributed by atoms with Gasteiger partial charge in [-0.2, -0.15) is 8.42 Å². The first-order chi connectivity index (χ1) is 7.97.